The van der Waals surface area contributed by atoms with Gasteiger partial charge in [0.1, 0.15) is 17.6 Å². The van der Waals surface area contributed by atoms with Gasteiger partial charge in [-0.1, -0.05) is 84.9 Å². The van der Waals surface area contributed by atoms with E-state index in [0.29, 0.717) is 25.2 Å². The molecule has 9 heteroatoms. The summed E-state index contributed by atoms with van der Waals surface area (Å²) in [5.74, 6) is 7.91. The van der Waals surface area contributed by atoms with Crippen molar-refractivity contribution in [2.45, 2.75) is 38.3 Å². The minimum absolute atomic E-state index is 0.271. The molecule has 4 N–H and O–H groups in total. The molecule has 242 valence electrons. The second-order valence-electron chi connectivity index (χ2n) is 12.4. The number of carbonyl (C=O) groups excluding carboxylic acids is 1. The molecule has 0 radical (unpaired) electrons. The lowest BCUT2D eigenvalue weighted by Gasteiger charge is -2.27. The Balaban J connectivity index is 1.20. The summed E-state index contributed by atoms with van der Waals surface area (Å²) in [5, 5.41) is 15.5. The van der Waals surface area contributed by atoms with Crippen molar-refractivity contribution >= 4 is 38.5 Å². The number of para-hydroxylation sites is 2. The highest BCUT2D eigenvalue weighted by atomic mass is 16.2. The lowest BCUT2D eigenvalue weighted by molar-refractivity contribution is 0.0656. The third kappa shape index (κ3) is 5.96. The van der Waals surface area contributed by atoms with Gasteiger partial charge in [0.05, 0.1) is 6.54 Å². The monoisotopic (exact) mass is 644 g/mol. The number of amides is 1. The normalized spacial score (nSPS) is 12.2. The van der Waals surface area contributed by atoms with Crippen molar-refractivity contribution in [1.29, 1.82) is 0 Å². The second-order valence-corrected chi connectivity index (χ2v) is 12.4. The molecule has 0 aliphatic carbocycles. The van der Waals surface area contributed by atoms with Crippen molar-refractivity contribution < 1.29 is 4.79 Å². The molecule has 0 unspecified atom stereocenters. The van der Waals surface area contributed by atoms with Crippen LogP contribution in [0.15, 0.2) is 128 Å². The number of nitrogens with zero attached hydrogens (tertiary/aromatic N) is 5. The number of pyridine rings is 1. The van der Waals surface area contributed by atoms with Crippen LogP contribution in [0.1, 0.15) is 51.3 Å². The number of benzene rings is 4. The summed E-state index contributed by atoms with van der Waals surface area (Å²) in [6, 6.07) is 35.9. The van der Waals surface area contributed by atoms with Crippen LogP contribution in [0, 0.1) is 0 Å². The fourth-order valence-electron chi connectivity index (χ4n) is 6.91. The maximum absolute atomic E-state index is 13.9. The van der Waals surface area contributed by atoms with Crippen molar-refractivity contribution in [1.82, 2.24) is 34.7 Å². The maximum Gasteiger partial charge on any atom is 0.287 e. The fraction of sp³-hybridized carbons (Fsp3) is 0.150. The van der Waals surface area contributed by atoms with Gasteiger partial charge in [0.25, 0.3) is 5.91 Å². The summed E-state index contributed by atoms with van der Waals surface area (Å²) in [7, 11) is 0. The van der Waals surface area contributed by atoms with Crippen LogP contribution in [0.5, 0.6) is 0 Å². The van der Waals surface area contributed by atoms with Crippen LogP contribution in [-0.2, 0) is 25.8 Å². The number of H-pyrrole nitrogens is 2. The molecule has 1 atom stereocenters. The molecule has 8 aromatic rings. The topological polar surface area (TPSA) is 122 Å². The van der Waals surface area contributed by atoms with Gasteiger partial charge in [-0.05, 0) is 64.6 Å². The largest absolute Gasteiger partial charge is 0.361 e. The van der Waals surface area contributed by atoms with Gasteiger partial charge >= 0.3 is 0 Å². The van der Waals surface area contributed by atoms with Crippen LogP contribution in [0.4, 0.5) is 0 Å². The zero-order valence-corrected chi connectivity index (χ0v) is 27.0. The number of hydrazine groups is 1. The number of aryl methyl sites for hydroxylation is 2. The van der Waals surface area contributed by atoms with E-state index in [0.717, 1.165) is 57.0 Å². The van der Waals surface area contributed by atoms with E-state index in [4.69, 9.17) is 16.0 Å². The first-order chi connectivity index (χ1) is 24.1. The Bertz CT molecular complexity index is 2380. The molecule has 0 aliphatic heterocycles. The predicted octanol–water partition coefficient (Wildman–Crippen LogP) is 7.31. The number of fused-ring (bicyclic) bond motifs is 3. The van der Waals surface area contributed by atoms with Gasteiger partial charge in [-0.2, -0.15) is 0 Å². The van der Waals surface area contributed by atoms with Crippen molar-refractivity contribution in [3.63, 3.8) is 0 Å². The number of nitrogens with two attached hydrogens (primary N) is 1. The SMILES string of the molecule is NN(C(=O)c1ccccn1)[C@H](Cc1c[nH]c2ccccc12)c1nnc(CCCc2c[nH]c3ccccc23)n1Cc1cccc2ccccc12. The molecule has 4 aromatic carbocycles. The third-order valence-electron chi connectivity index (χ3n) is 9.43. The molecule has 0 spiro atoms. The van der Waals surface area contributed by atoms with Crippen LogP contribution in [-0.4, -0.2) is 40.6 Å². The molecule has 9 nitrogen and oxygen atoms in total. The highest BCUT2D eigenvalue weighted by Gasteiger charge is 2.31. The molecule has 4 heterocycles. The molecule has 0 saturated carbocycles. The lowest BCUT2D eigenvalue weighted by Crippen LogP contribution is -2.43. The van der Waals surface area contributed by atoms with Crippen molar-refractivity contribution in [2.75, 3.05) is 0 Å². The summed E-state index contributed by atoms with van der Waals surface area (Å²) < 4.78 is 2.17. The quantitative estimate of drug-likeness (QED) is 0.0775. The van der Waals surface area contributed by atoms with E-state index >= 15 is 0 Å². The van der Waals surface area contributed by atoms with Gasteiger partial charge in [0.2, 0.25) is 0 Å². The number of carbonyl (C=O) groups is 1. The number of hydrogen-bond acceptors (Lipinski definition) is 5. The van der Waals surface area contributed by atoms with Crippen LogP contribution in [0.25, 0.3) is 32.6 Å². The number of rotatable bonds is 11. The number of aromatic nitrogens is 6. The van der Waals surface area contributed by atoms with E-state index in [1.54, 1.807) is 24.4 Å². The van der Waals surface area contributed by atoms with Crippen LogP contribution >= 0.6 is 0 Å². The van der Waals surface area contributed by atoms with E-state index in [1.165, 1.54) is 16.0 Å². The van der Waals surface area contributed by atoms with Crippen LogP contribution in [0.3, 0.4) is 0 Å². The fourth-order valence-corrected chi connectivity index (χ4v) is 6.91. The van der Waals surface area contributed by atoms with E-state index in [1.807, 2.05) is 30.5 Å². The molecular formula is C40H36N8O. The highest BCUT2D eigenvalue weighted by molar-refractivity contribution is 5.92. The predicted molar refractivity (Wildman–Crippen MR) is 193 cm³/mol. The third-order valence-corrected chi connectivity index (χ3v) is 9.43. The minimum Gasteiger partial charge on any atom is -0.361 e. The van der Waals surface area contributed by atoms with Gasteiger partial charge < -0.3 is 14.5 Å². The van der Waals surface area contributed by atoms with Crippen LogP contribution in [0.2, 0.25) is 0 Å². The first-order valence-electron chi connectivity index (χ1n) is 16.6. The molecule has 1 amide bonds. The van der Waals surface area contributed by atoms with Gasteiger partial charge in [0.15, 0.2) is 5.82 Å². The van der Waals surface area contributed by atoms with E-state index in [-0.39, 0.29) is 11.6 Å². The van der Waals surface area contributed by atoms with Crippen molar-refractivity contribution in [2.24, 2.45) is 5.84 Å². The van der Waals surface area contributed by atoms with Gasteiger partial charge in [-0.15, -0.1) is 10.2 Å². The Morgan fingerprint density at radius 3 is 2.16 bits per heavy atom. The molecule has 0 saturated heterocycles. The zero-order chi connectivity index (χ0) is 33.2. The maximum atomic E-state index is 13.9. The smallest absolute Gasteiger partial charge is 0.287 e. The van der Waals surface area contributed by atoms with Gasteiger partial charge in [-0.3, -0.25) is 14.8 Å². The Kier molecular flexibility index (Phi) is 8.17. The molecule has 4 aromatic heterocycles. The Hall–Kier alpha value is -6.06. The second kappa shape index (κ2) is 13.2. The zero-order valence-electron chi connectivity index (χ0n) is 27.0. The molecular weight excluding hydrogens is 608 g/mol. The summed E-state index contributed by atoms with van der Waals surface area (Å²) in [5.41, 5.74) is 5.88. The first kappa shape index (κ1) is 30.3. The van der Waals surface area contributed by atoms with E-state index in [9.17, 15) is 4.79 Å². The standard InChI is InChI=1S/C40H36N8O/c41-48(40(49)36-20-7-8-22-42-36)37(23-30-25-44-35-19-6-4-17-33(30)35)39-46-45-38(21-10-13-28-24-43-34-18-5-3-16-32(28)34)47(39)26-29-14-9-12-27-11-1-2-15-31(27)29/h1-9,11-12,14-20,22,24-25,37,43-44H,10,13,21,23,26,41H2/t37-/m1/s1. The Morgan fingerprint density at radius 1 is 0.714 bits per heavy atom. The summed E-state index contributed by atoms with van der Waals surface area (Å²) in [4.78, 5) is 25.0. The van der Waals surface area contributed by atoms with Crippen molar-refractivity contribution in [3.05, 3.63) is 162 Å². The Labute approximate surface area is 283 Å². The number of aromatic amines is 2. The average Bonchev–Trinajstić information content (AvgIpc) is 3.88. The minimum atomic E-state index is -0.626. The van der Waals surface area contributed by atoms with E-state index < -0.39 is 6.04 Å². The van der Waals surface area contributed by atoms with Gasteiger partial charge in [0, 0.05) is 53.2 Å². The van der Waals surface area contributed by atoms with Crippen molar-refractivity contribution in [3.8, 4) is 0 Å². The average molecular weight is 645 g/mol. The molecule has 0 fully saturated rings. The Morgan fingerprint density at radius 2 is 1.39 bits per heavy atom. The van der Waals surface area contributed by atoms with Crippen LogP contribution < -0.4 is 5.84 Å². The summed E-state index contributed by atoms with van der Waals surface area (Å²) >= 11 is 0. The highest BCUT2D eigenvalue weighted by Crippen LogP contribution is 2.30. The molecule has 49 heavy (non-hydrogen) atoms. The molecule has 0 bridgehead atoms. The lowest BCUT2D eigenvalue weighted by atomic mass is 10.0. The molecule has 0 aliphatic rings. The van der Waals surface area contributed by atoms with Gasteiger partial charge in [-0.25, -0.2) is 5.84 Å². The molecule has 8 rings (SSSR count). The first-order valence-corrected chi connectivity index (χ1v) is 16.6. The summed E-state index contributed by atoms with van der Waals surface area (Å²) in [6.07, 6.45) is 8.60. The number of hydrogen-bond donors (Lipinski definition) is 3. The number of nitrogens with one attached hydrogen (secondary N) is 2. The van der Waals surface area contributed by atoms with E-state index in [2.05, 4.69) is 92.4 Å². The summed E-state index contributed by atoms with van der Waals surface area (Å²) in [6.45, 7) is 0.530.